The molecule has 0 N–H and O–H groups in total. The second-order valence-corrected chi connectivity index (χ2v) is 12.0. The Balaban J connectivity index is 1.30. The van der Waals surface area contributed by atoms with Crippen molar-refractivity contribution in [1.29, 1.82) is 10.5 Å². The van der Waals surface area contributed by atoms with E-state index in [1.807, 2.05) is 54.6 Å². The molecular weight excluding hydrogens is 585 g/mol. The molecule has 4 heteroatoms. The van der Waals surface area contributed by atoms with Gasteiger partial charge in [0.15, 0.2) is 0 Å². The maximum atomic E-state index is 10.5. The summed E-state index contributed by atoms with van der Waals surface area (Å²) < 4.78 is 4.58. The Bertz CT molecular complexity index is 2760. The molecule has 222 valence electrons. The molecular formula is C44H26N4. The number of fused-ring (bicyclic) bond motifs is 6. The average molecular weight is 611 g/mol. The summed E-state index contributed by atoms with van der Waals surface area (Å²) in [5, 5.41) is 24.7. The summed E-state index contributed by atoms with van der Waals surface area (Å²) in [5.41, 5.74) is 11.5. The normalized spacial score (nSPS) is 11.3. The fourth-order valence-corrected chi connectivity index (χ4v) is 7.37. The summed E-state index contributed by atoms with van der Waals surface area (Å²) in [6.07, 6.45) is 0. The number of hydrogen-bond acceptors (Lipinski definition) is 2. The third-order valence-corrected chi connectivity index (χ3v) is 9.40. The Morgan fingerprint density at radius 1 is 0.417 bits per heavy atom. The van der Waals surface area contributed by atoms with E-state index >= 15 is 0 Å². The van der Waals surface area contributed by atoms with Crippen LogP contribution in [0, 0.1) is 22.7 Å². The molecule has 0 atom stereocenters. The van der Waals surface area contributed by atoms with Crippen molar-refractivity contribution in [2.45, 2.75) is 0 Å². The van der Waals surface area contributed by atoms with Gasteiger partial charge >= 0.3 is 0 Å². The first-order valence-electron chi connectivity index (χ1n) is 15.9. The number of rotatable bonds is 4. The van der Waals surface area contributed by atoms with Gasteiger partial charge in [-0.1, -0.05) is 97.1 Å². The standard InChI is InChI=1S/C44H26N4/c45-27-29-23-24-43-38(25-29)36-16-3-7-21-41(36)48(43)42-22-8-4-17-37(42)44-31(28-46)12-10-18-33(44)30-11-9-13-32(26-30)47-39-19-5-1-14-34(39)35-15-2-6-20-40(35)47/h1-26H. The second-order valence-electron chi connectivity index (χ2n) is 12.0. The molecule has 2 heterocycles. The Labute approximate surface area is 277 Å². The van der Waals surface area contributed by atoms with Crippen molar-refractivity contribution < 1.29 is 0 Å². The van der Waals surface area contributed by atoms with Crippen LogP contribution in [-0.2, 0) is 0 Å². The molecule has 2 aromatic heterocycles. The van der Waals surface area contributed by atoms with Crippen LogP contribution < -0.4 is 0 Å². The molecule has 9 aromatic rings. The van der Waals surface area contributed by atoms with Crippen LogP contribution >= 0.6 is 0 Å². The second kappa shape index (κ2) is 10.9. The lowest BCUT2D eigenvalue weighted by Crippen LogP contribution is -2.00. The molecule has 0 aliphatic rings. The molecule has 0 aliphatic carbocycles. The molecule has 9 rings (SSSR count). The highest BCUT2D eigenvalue weighted by molar-refractivity contribution is 6.11. The fourth-order valence-electron chi connectivity index (χ4n) is 7.37. The van der Waals surface area contributed by atoms with Crippen LogP contribution in [0.4, 0.5) is 0 Å². The minimum atomic E-state index is 0.606. The van der Waals surface area contributed by atoms with Crippen LogP contribution in [0.1, 0.15) is 11.1 Å². The lowest BCUT2D eigenvalue weighted by molar-refractivity contribution is 1.18. The fraction of sp³-hybridized carbons (Fsp3) is 0. The quantitative estimate of drug-likeness (QED) is 0.199. The Morgan fingerprint density at radius 2 is 1.00 bits per heavy atom. The minimum absolute atomic E-state index is 0.606. The number of hydrogen-bond donors (Lipinski definition) is 0. The molecule has 7 aromatic carbocycles. The molecule has 0 spiro atoms. The lowest BCUT2D eigenvalue weighted by atomic mass is 9.89. The summed E-state index contributed by atoms with van der Waals surface area (Å²) in [6.45, 7) is 0. The van der Waals surface area contributed by atoms with Gasteiger partial charge in [-0.05, 0) is 71.8 Å². The third-order valence-electron chi connectivity index (χ3n) is 9.40. The molecule has 0 bridgehead atoms. The molecule has 0 unspecified atom stereocenters. The van der Waals surface area contributed by atoms with Crippen molar-refractivity contribution in [1.82, 2.24) is 9.13 Å². The van der Waals surface area contributed by atoms with Gasteiger partial charge in [-0.2, -0.15) is 10.5 Å². The molecule has 0 radical (unpaired) electrons. The van der Waals surface area contributed by atoms with Gasteiger partial charge in [0, 0.05) is 38.4 Å². The lowest BCUT2D eigenvalue weighted by Gasteiger charge is -2.18. The SMILES string of the molecule is N#Cc1ccc2c(c1)c1ccccc1n2-c1ccccc1-c1c(C#N)cccc1-c1cccc(-n2c3ccccc3c3ccccc32)c1. The van der Waals surface area contributed by atoms with Crippen molar-refractivity contribution in [3.63, 3.8) is 0 Å². The monoisotopic (exact) mass is 610 g/mol. The van der Waals surface area contributed by atoms with E-state index in [-0.39, 0.29) is 0 Å². The molecule has 0 fully saturated rings. The van der Waals surface area contributed by atoms with Gasteiger partial charge in [0.25, 0.3) is 0 Å². The predicted molar refractivity (Wildman–Crippen MR) is 195 cm³/mol. The van der Waals surface area contributed by atoms with E-state index in [1.165, 1.54) is 10.8 Å². The molecule has 0 amide bonds. The highest BCUT2D eigenvalue weighted by Crippen LogP contribution is 2.42. The summed E-state index contributed by atoms with van der Waals surface area (Å²) in [5.74, 6) is 0. The zero-order valence-corrected chi connectivity index (χ0v) is 25.8. The first-order valence-corrected chi connectivity index (χ1v) is 15.9. The molecule has 0 saturated heterocycles. The Hall–Kier alpha value is -6.88. The van der Waals surface area contributed by atoms with E-state index in [9.17, 15) is 10.5 Å². The van der Waals surface area contributed by atoms with Crippen LogP contribution in [0.2, 0.25) is 0 Å². The first kappa shape index (κ1) is 27.4. The van der Waals surface area contributed by atoms with Crippen molar-refractivity contribution >= 4 is 43.6 Å². The van der Waals surface area contributed by atoms with Gasteiger partial charge in [-0.3, -0.25) is 0 Å². The Kier molecular flexibility index (Phi) is 6.22. The van der Waals surface area contributed by atoms with E-state index in [2.05, 4.69) is 124 Å². The summed E-state index contributed by atoms with van der Waals surface area (Å²) >= 11 is 0. The summed E-state index contributed by atoms with van der Waals surface area (Å²) in [7, 11) is 0. The van der Waals surface area contributed by atoms with Crippen LogP contribution in [0.3, 0.4) is 0 Å². The van der Waals surface area contributed by atoms with Crippen molar-refractivity contribution in [3.8, 4) is 45.8 Å². The first-order chi connectivity index (χ1) is 23.7. The van der Waals surface area contributed by atoms with Gasteiger partial charge in [0.05, 0.1) is 51.0 Å². The minimum Gasteiger partial charge on any atom is -0.309 e. The topological polar surface area (TPSA) is 57.4 Å². The third kappa shape index (κ3) is 4.07. The highest BCUT2D eigenvalue weighted by Gasteiger charge is 2.20. The van der Waals surface area contributed by atoms with Crippen molar-refractivity contribution in [2.75, 3.05) is 0 Å². The van der Waals surface area contributed by atoms with E-state index in [0.29, 0.717) is 11.1 Å². The maximum absolute atomic E-state index is 10.5. The van der Waals surface area contributed by atoms with E-state index < -0.39 is 0 Å². The van der Waals surface area contributed by atoms with Crippen LogP contribution in [0.5, 0.6) is 0 Å². The van der Waals surface area contributed by atoms with Gasteiger partial charge in [-0.15, -0.1) is 0 Å². The number of nitrogens with zero attached hydrogens (tertiary/aromatic N) is 4. The predicted octanol–water partition coefficient (Wildman–Crippen LogP) is 11.0. The average Bonchev–Trinajstić information content (AvgIpc) is 3.67. The van der Waals surface area contributed by atoms with Crippen LogP contribution in [0.25, 0.3) is 77.2 Å². The van der Waals surface area contributed by atoms with Crippen molar-refractivity contribution in [2.24, 2.45) is 0 Å². The van der Waals surface area contributed by atoms with Gasteiger partial charge < -0.3 is 9.13 Å². The molecule has 4 nitrogen and oxygen atoms in total. The van der Waals surface area contributed by atoms with E-state index in [4.69, 9.17) is 0 Å². The number of nitriles is 2. The van der Waals surface area contributed by atoms with E-state index in [0.717, 1.165) is 66.5 Å². The molecule has 0 saturated carbocycles. The van der Waals surface area contributed by atoms with Crippen LogP contribution in [-0.4, -0.2) is 9.13 Å². The largest absolute Gasteiger partial charge is 0.309 e. The van der Waals surface area contributed by atoms with Gasteiger partial charge in [0.2, 0.25) is 0 Å². The van der Waals surface area contributed by atoms with Crippen LogP contribution in [0.15, 0.2) is 158 Å². The number of para-hydroxylation sites is 4. The smallest absolute Gasteiger partial charge is 0.0998 e. The van der Waals surface area contributed by atoms with E-state index in [1.54, 1.807) is 0 Å². The van der Waals surface area contributed by atoms with Gasteiger partial charge in [-0.25, -0.2) is 0 Å². The number of benzene rings is 7. The maximum Gasteiger partial charge on any atom is 0.0998 e. The zero-order chi connectivity index (χ0) is 32.2. The highest BCUT2D eigenvalue weighted by atomic mass is 15.0. The summed E-state index contributed by atoms with van der Waals surface area (Å²) in [4.78, 5) is 0. The number of aromatic nitrogens is 2. The zero-order valence-electron chi connectivity index (χ0n) is 25.8. The molecule has 48 heavy (non-hydrogen) atoms. The molecule has 0 aliphatic heterocycles. The van der Waals surface area contributed by atoms with Gasteiger partial charge in [0.1, 0.15) is 0 Å². The Morgan fingerprint density at radius 3 is 1.71 bits per heavy atom. The summed E-state index contributed by atoms with van der Waals surface area (Å²) in [6, 6.07) is 58.9. The van der Waals surface area contributed by atoms with Crippen molar-refractivity contribution in [3.05, 3.63) is 169 Å².